The summed E-state index contributed by atoms with van der Waals surface area (Å²) in [6.45, 7) is 2.15. The van der Waals surface area contributed by atoms with Gasteiger partial charge in [-0.25, -0.2) is 13.6 Å². The lowest BCUT2D eigenvalue weighted by molar-refractivity contribution is -0.137. The highest BCUT2D eigenvalue weighted by atomic mass is 19.1. The van der Waals surface area contributed by atoms with Crippen molar-refractivity contribution in [3.05, 3.63) is 41.5 Å². The molecule has 0 aliphatic carbocycles. The normalized spacial score (nSPS) is 10.7. The summed E-state index contributed by atoms with van der Waals surface area (Å²) in [5, 5.41) is 0. The fourth-order valence-corrected chi connectivity index (χ4v) is 1.52. The van der Waals surface area contributed by atoms with Gasteiger partial charge in [0.25, 0.3) is 5.91 Å². The zero-order chi connectivity index (χ0) is 16.5. The Kier molecular flexibility index (Phi) is 7.01. The number of carbonyl (C=O) groups excluding carboxylic acids is 2. The number of carbonyl (C=O) groups is 2. The molecule has 0 unspecified atom stereocenters. The predicted octanol–water partition coefficient (Wildman–Crippen LogP) is 2.34. The summed E-state index contributed by atoms with van der Waals surface area (Å²) < 4.78 is 36.9. The monoisotopic (exact) mass is 313 g/mol. The van der Waals surface area contributed by atoms with Crippen LogP contribution >= 0.6 is 0 Å². The van der Waals surface area contributed by atoms with Crippen LogP contribution in [-0.4, -0.2) is 25.1 Å². The molecule has 0 saturated heterocycles. The average molecular weight is 313 g/mol. The third kappa shape index (κ3) is 5.16. The Balaban J connectivity index is 2.57. The Morgan fingerprint density at radius 3 is 2.68 bits per heavy atom. The van der Waals surface area contributed by atoms with Gasteiger partial charge in [-0.2, -0.15) is 0 Å². The van der Waals surface area contributed by atoms with Gasteiger partial charge < -0.3 is 15.2 Å². The minimum absolute atomic E-state index is 0.149. The maximum absolute atomic E-state index is 13.8. The minimum atomic E-state index is -1.23. The third-order valence-corrected chi connectivity index (χ3v) is 2.63. The highest BCUT2D eigenvalue weighted by molar-refractivity contribution is 5.93. The first-order chi connectivity index (χ1) is 10.5. The molecule has 0 atom stereocenters. The molecule has 0 spiro atoms. The molecule has 7 heteroatoms. The van der Waals surface area contributed by atoms with Crippen molar-refractivity contribution < 1.29 is 27.8 Å². The fraction of sp³-hybridized carbons (Fsp3) is 0.333. The van der Waals surface area contributed by atoms with Crippen LogP contribution in [0.1, 0.15) is 30.1 Å². The standard InChI is InChI=1S/C15H17F2NO4/c1-2-3-8-22-12(19)5-4-9-21-11-7-6-10(16)13(14(11)17)15(18)20/h4-7H,2-3,8-9H2,1H3,(H2,18,20). The lowest BCUT2D eigenvalue weighted by atomic mass is 10.1. The van der Waals surface area contributed by atoms with E-state index >= 15 is 0 Å². The summed E-state index contributed by atoms with van der Waals surface area (Å²) in [7, 11) is 0. The number of hydrogen-bond donors (Lipinski definition) is 1. The molecule has 0 radical (unpaired) electrons. The number of hydrogen-bond acceptors (Lipinski definition) is 4. The van der Waals surface area contributed by atoms with Crippen molar-refractivity contribution in [3.8, 4) is 5.75 Å². The Morgan fingerprint density at radius 2 is 2.05 bits per heavy atom. The summed E-state index contributed by atoms with van der Waals surface area (Å²) in [5.41, 5.74) is 4.03. The van der Waals surface area contributed by atoms with E-state index in [-0.39, 0.29) is 12.4 Å². The predicted molar refractivity (Wildman–Crippen MR) is 75.4 cm³/mol. The molecule has 0 heterocycles. The topological polar surface area (TPSA) is 78.6 Å². The van der Waals surface area contributed by atoms with Gasteiger partial charge in [0.1, 0.15) is 18.0 Å². The molecule has 0 bridgehead atoms. The number of halogens is 2. The van der Waals surface area contributed by atoms with Gasteiger partial charge in [0, 0.05) is 6.08 Å². The zero-order valence-electron chi connectivity index (χ0n) is 12.1. The second kappa shape index (κ2) is 8.76. The van der Waals surface area contributed by atoms with E-state index in [0.717, 1.165) is 31.1 Å². The smallest absolute Gasteiger partial charge is 0.330 e. The Bertz CT molecular complexity index is 573. The van der Waals surface area contributed by atoms with Crippen molar-refractivity contribution in [1.82, 2.24) is 0 Å². The molecule has 22 heavy (non-hydrogen) atoms. The van der Waals surface area contributed by atoms with Crippen LogP contribution in [0, 0.1) is 11.6 Å². The van der Waals surface area contributed by atoms with E-state index in [4.69, 9.17) is 15.2 Å². The second-order valence-electron chi connectivity index (χ2n) is 4.33. The number of nitrogens with two attached hydrogens (primary N) is 1. The number of benzene rings is 1. The lowest BCUT2D eigenvalue weighted by Crippen LogP contribution is -2.16. The summed E-state index contributed by atoms with van der Waals surface area (Å²) in [6, 6.07) is 1.91. The Labute approximate surface area is 126 Å². The molecule has 0 saturated carbocycles. The van der Waals surface area contributed by atoms with Gasteiger partial charge in [-0.3, -0.25) is 4.79 Å². The van der Waals surface area contributed by atoms with Crippen LogP contribution in [0.5, 0.6) is 5.75 Å². The van der Waals surface area contributed by atoms with E-state index in [9.17, 15) is 18.4 Å². The number of rotatable bonds is 8. The number of unbranched alkanes of at least 4 members (excludes halogenated alkanes) is 1. The maximum atomic E-state index is 13.8. The molecule has 0 aliphatic heterocycles. The molecule has 1 aromatic carbocycles. The van der Waals surface area contributed by atoms with Crippen LogP contribution in [0.4, 0.5) is 8.78 Å². The van der Waals surface area contributed by atoms with Crippen molar-refractivity contribution in [1.29, 1.82) is 0 Å². The van der Waals surface area contributed by atoms with Gasteiger partial charge in [-0.05, 0) is 24.6 Å². The first-order valence-corrected chi connectivity index (χ1v) is 6.71. The van der Waals surface area contributed by atoms with Gasteiger partial charge in [0.15, 0.2) is 11.6 Å². The van der Waals surface area contributed by atoms with Crippen molar-refractivity contribution >= 4 is 11.9 Å². The summed E-state index contributed by atoms with van der Waals surface area (Å²) in [5.74, 6) is -4.33. The van der Waals surface area contributed by atoms with Gasteiger partial charge >= 0.3 is 5.97 Å². The van der Waals surface area contributed by atoms with E-state index in [1.807, 2.05) is 6.92 Å². The summed E-state index contributed by atoms with van der Waals surface area (Å²) in [4.78, 5) is 22.2. The van der Waals surface area contributed by atoms with Gasteiger partial charge in [-0.15, -0.1) is 0 Å². The maximum Gasteiger partial charge on any atom is 0.330 e. The molecule has 1 rings (SSSR count). The first kappa shape index (κ1) is 17.6. The molecular weight excluding hydrogens is 296 g/mol. The van der Waals surface area contributed by atoms with Gasteiger partial charge in [-0.1, -0.05) is 13.3 Å². The Morgan fingerprint density at radius 1 is 1.32 bits per heavy atom. The number of ether oxygens (including phenoxy) is 2. The minimum Gasteiger partial charge on any atom is -0.486 e. The molecule has 1 aromatic rings. The first-order valence-electron chi connectivity index (χ1n) is 6.71. The van der Waals surface area contributed by atoms with E-state index < -0.39 is 29.1 Å². The summed E-state index contributed by atoms with van der Waals surface area (Å²) >= 11 is 0. The van der Waals surface area contributed by atoms with Crippen molar-refractivity contribution in [2.45, 2.75) is 19.8 Å². The van der Waals surface area contributed by atoms with Gasteiger partial charge in [0.2, 0.25) is 0 Å². The summed E-state index contributed by atoms with van der Waals surface area (Å²) in [6.07, 6.45) is 4.14. The molecule has 0 aromatic heterocycles. The van der Waals surface area contributed by atoms with Crippen molar-refractivity contribution in [2.24, 2.45) is 5.73 Å². The molecule has 0 fully saturated rings. The van der Waals surface area contributed by atoms with Crippen LogP contribution in [0.15, 0.2) is 24.3 Å². The molecule has 1 amide bonds. The second-order valence-corrected chi connectivity index (χ2v) is 4.33. The number of amides is 1. The van der Waals surface area contributed by atoms with Gasteiger partial charge in [0.05, 0.1) is 6.61 Å². The Hall–Kier alpha value is -2.44. The molecule has 120 valence electrons. The zero-order valence-corrected chi connectivity index (χ0v) is 12.1. The highest BCUT2D eigenvalue weighted by Crippen LogP contribution is 2.22. The highest BCUT2D eigenvalue weighted by Gasteiger charge is 2.18. The van der Waals surface area contributed by atoms with Crippen LogP contribution in [0.2, 0.25) is 0 Å². The van der Waals surface area contributed by atoms with Crippen LogP contribution in [-0.2, 0) is 9.53 Å². The SMILES string of the molecule is CCCCOC(=O)C=CCOc1ccc(F)c(C(N)=O)c1F. The molecule has 2 N–H and O–H groups in total. The third-order valence-electron chi connectivity index (χ3n) is 2.63. The van der Waals surface area contributed by atoms with Crippen molar-refractivity contribution in [3.63, 3.8) is 0 Å². The molecule has 0 aliphatic rings. The van der Waals surface area contributed by atoms with E-state index in [2.05, 4.69) is 0 Å². The van der Waals surface area contributed by atoms with Crippen molar-refractivity contribution in [2.75, 3.05) is 13.2 Å². The number of primary amides is 1. The van der Waals surface area contributed by atoms with Crippen LogP contribution in [0.25, 0.3) is 0 Å². The molecule has 5 nitrogen and oxygen atoms in total. The number of esters is 1. The van der Waals surface area contributed by atoms with Crippen LogP contribution < -0.4 is 10.5 Å². The lowest BCUT2D eigenvalue weighted by Gasteiger charge is -2.07. The fourth-order valence-electron chi connectivity index (χ4n) is 1.52. The van der Waals surface area contributed by atoms with E-state index in [1.54, 1.807) is 0 Å². The average Bonchev–Trinajstić information content (AvgIpc) is 2.45. The largest absolute Gasteiger partial charge is 0.486 e. The molecular formula is C15H17F2NO4. The van der Waals surface area contributed by atoms with E-state index in [1.165, 1.54) is 6.08 Å². The van der Waals surface area contributed by atoms with Crippen LogP contribution in [0.3, 0.4) is 0 Å². The van der Waals surface area contributed by atoms with E-state index in [0.29, 0.717) is 6.61 Å². The quantitative estimate of drug-likeness (QED) is 0.454.